The Hall–Kier alpha value is -2.68. The molecule has 27 heavy (non-hydrogen) atoms. The number of nitrogens with zero attached hydrogens (tertiary/aromatic N) is 3. The van der Waals surface area contributed by atoms with Crippen LogP contribution in [0, 0.1) is 0 Å². The number of nitrogens with one attached hydrogen (secondary N) is 2. The topological polar surface area (TPSA) is 110 Å². The molecular formula is C18H21N5O3S. The van der Waals surface area contributed by atoms with Crippen LogP contribution in [0.15, 0.2) is 30.5 Å². The van der Waals surface area contributed by atoms with Gasteiger partial charge in [-0.25, -0.2) is 13.4 Å². The van der Waals surface area contributed by atoms with E-state index in [-0.39, 0.29) is 24.2 Å². The number of sulfone groups is 1. The van der Waals surface area contributed by atoms with Crippen LogP contribution in [0.3, 0.4) is 0 Å². The molecule has 3 aromatic rings. The number of H-pyrrole nitrogens is 1. The van der Waals surface area contributed by atoms with Gasteiger partial charge in [0.15, 0.2) is 9.84 Å². The van der Waals surface area contributed by atoms with Gasteiger partial charge in [-0.1, -0.05) is 12.1 Å². The van der Waals surface area contributed by atoms with Crippen LogP contribution in [0.1, 0.15) is 23.5 Å². The molecule has 0 aliphatic heterocycles. The van der Waals surface area contributed by atoms with Gasteiger partial charge in [-0.3, -0.25) is 9.89 Å². The normalized spacial score (nSPS) is 17.0. The van der Waals surface area contributed by atoms with Crippen molar-refractivity contribution in [2.45, 2.75) is 37.6 Å². The third-order valence-corrected chi connectivity index (χ3v) is 5.59. The van der Waals surface area contributed by atoms with Crippen molar-refractivity contribution in [3.8, 4) is 0 Å². The van der Waals surface area contributed by atoms with Crippen LogP contribution in [0.4, 0.5) is 0 Å². The highest BCUT2D eigenvalue weighted by molar-refractivity contribution is 7.89. The lowest BCUT2D eigenvalue weighted by molar-refractivity contribution is -0.122. The highest BCUT2D eigenvalue weighted by Crippen LogP contribution is 2.20. The number of aromatic amines is 1. The van der Waals surface area contributed by atoms with E-state index in [1.54, 1.807) is 10.8 Å². The van der Waals surface area contributed by atoms with Crippen molar-refractivity contribution >= 4 is 26.8 Å². The van der Waals surface area contributed by atoms with Crippen LogP contribution >= 0.6 is 0 Å². The maximum Gasteiger partial charge on any atom is 0.240 e. The number of carbonyl (C=O) groups is 1. The Morgan fingerprint density at radius 2 is 2.19 bits per heavy atom. The predicted octanol–water partition coefficient (Wildman–Crippen LogP) is 0.978. The molecule has 4 rings (SSSR count). The summed E-state index contributed by atoms with van der Waals surface area (Å²) in [5.74, 6) is 0.0380. The van der Waals surface area contributed by atoms with Crippen LogP contribution in [0.2, 0.25) is 0 Å². The number of fused-ring (bicyclic) bond motifs is 2. The summed E-state index contributed by atoms with van der Waals surface area (Å²) >= 11 is 0. The van der Waals surface area contributed by atoms with Crippen LogP contribution < -0.4 is 5.32 Å². The zero-order chi connectivity index (χ0) is 19.0. The number of hydrogen-bond donors (Lipinski definition) is 2. The first kappa shape index (κ1) is 17.7. The quantitative estimate of drug-likeness (QED) is 0.678. The van der Waals surface area contributed by atoms with Gasteiger partial charge in [-0.05, 0) is 37.0 Å². The first-order valence-corrected chi connectivity index (χ1v) is 10.9. The molecule has 8 nitrogen and oxygen atoms in total. The van der Waals surface area contributed by atoms with Gasteiger partial charge in [0, 0.05) is 18.0 Å². The summed E-state index contributed by atoms with van der Waals surface area (Å²) in [5, 5.41) is 10.1. The number of rotatable bonds is 5. The Kier molecular flexibility index (Phi) is 4.47. The molecule has 0 spiro atoms. The van der Waals surface area contributed by atoms with Crippen molar-refractivity contribution in [3.05, 3.63) is 47.5 Å². The Balaban J connectivity index is 1.54. The smallest absolute Gasteiger partial charge is 0.240 e. The zero-order valence-corrected chi connectivity index (χ0v) is 15.8. The van der Waals surface area contributed by atoms with E-state index in [1.165, 1.54) is 6.26 Å². The molecule has 1 amide bonds. The highest BCUT2D eigenvalue weighted by atomic mass is 32.2. The predicted molar refractivity (Wildman–Crippen MR) is 101 cm³/mol. The second-order valence-corrected chi connectivity index (χ2v) is 9.19. The van der Waals surface area contributed by atoms with E-state index in [4.69, 9.17) is 0 Å². The fourth-order valence-corrected chi connectivity index (χ4v) is 4.29. The molecule has 1 unspecified atom stereocenters. The van der Waals surface area contributed by atoms with Crippen molar-refractivity contribution in [1.82, 2.24) is 25.1 Å². The Morgan fingerprint density at radius 3 is 3.00 bits per heavy atom. The monoisotopic (exact) mass is 387 g/mol. The number of aromatic nitrogens is 4. The number of imidazole rings is 1. The summed E-state index contributed by atoms with van der Waals surface area (Å²) in [4.78, 5) is 17.1. The Morgan fingerprint density at radius 1 is 1.37 bits per heavy atom. The van der Waals surface area contributed by atoms with Gasteiger partial charge < -0.3 is 9.88 Å². The molecular weight excluding hydrogens is 366 g/mol. The van der Waals surface area contributed by atoms with E-state index in [2.05, 4.69) is 20.5 Å². The summed E-state index contributed by atoms with van der Waals surface area (Å²) in [6, 6.07) is 7.41. The maximum absolute atomic E-state index is 12.7. The molecule has 1 aromatic carbocycles. The number of benzene rings is 1. The highest BCUT2D eigenvalue weighted by Gasteiger charge is 2.23. The minimum Gasteiger partial charge on any atom is -0.351 e. The lowest BCUT2D eigenvalue weighted by Gasteiger charge is -2.23. The van der Waals surface area contributed by atoms with Gasteiger partial charge in [0.2, 0.25) is 5.91 Å². The van der Waals surface area contributed by atoms with Gasteiger partial charge in [0.05, 0.1) is 17.2 Å². The molecule has 1 aliphatic rings. The second-order valence-electron chi connectivity index (χ2n) is 7.05. The van der Waals surface area contributed by atoms with Crippen LogP contribution in [0.5, 0.6) is 0 Å². The Bertz CT molecular complexity index is 1100. The summed E-state index contributed by atoms with van der Waals surface area (Å²) in [5.41, 5.74) is 3.71. The number of aryl methyl sites for hydroxylation is 1. The fraction of sp³-hybridized carbons (Fsp3) is 0.389. The molecule has 0 radical (unpaired) electrons. The van der Waals surface area contributed by atoms with E-state index < -0.39 is 9.84 Å². The maximum atomic E-state index is 12.7. The molecule has 2 N–H and O–H groups in total. The molecule has 9 heteroatoms. The fourth-order valence-electron chi connectivity index (χ4n) is 3.60. The van der Waals surface area contributed by atoms with E-state index in [1.807, 2.05) is 24.3 Å². The first-order valence-electron chi connectivity index (χ1n) is 8.81. The van der Waals surface area contributed by atoms with Crippen molar-refractivity contribution < 1.29 is 13.2 Å². The van der Waals surface area contributed by atoms with Crippen molar-refractivity contribution in [2.24, 2.45) is 0 Å². The summed E-state index contributed by atoms with van der Waals surface area (Å²) in [6.45, 7) is 0.0418. The molecule has 0 bridgehead atoms. The average molecular weight is 387 g/mol. The van der Waals surface area contributed by atoms with Gasteiger partial charge in [0.25, 0.3) is 0 Å². The minimum absolute atomic E-state index is 0.0418. The molecule has 0 saturated carbocycles. The van der Waals surface area contributed by atoms with Gasteiger partial charge in [-0.2, -0.15) is 5.10 Å². The zero-order valence-electron chi connectivity index (χ0n) is 15.0. The minimum atomic E-state index is -3.26. The summed E-state index contributed by atoms with van der Waals surface area (Å²) < 4.78 is 25.2. The number of para-hydroxylation sites is 2. The third-order valence-electron chi connectivity index (χ3n) is 4.81. The van der Waals surface area contributed by atoms with E-state index in [9.17, 15) is 13.2 Å². The SMILES string of the molecule is CS(=O)(=O)Cc1nc2ccccc2n1CC(=O)NC1CCc2[nH]ncc2C1. The van der Waals surface area contributed by atoms with Gasteiger partial charge in [0.1, 0.15) is 18.1 Å². The molecule has 142 valence electrons. The third kappa shape index (κ3) is 3.87. The lowest BCUT2D eigenvalue weighted by Crippen LogP contribution is -2.40. The molecule has 1 aliphatic carbocycles. The standard InChI is InChI=1S/C18H21N5O3S/c1-27(25,26)11-17-21-15-4-2-3-5-16(15)23(17)10-18(24)20-13-6-7-14-12(8-13)9-19-22-14/h2-5,9,13H,6-8,10-11H2,1H3,(H,19,22)(H,20,24). The molecule has 0 fully saturated rings. The van der Waals surface area contributed by atoms with Crippen molar-refractivity contribution in [2.75, 3.05) is 6.26 Å². The largest absolute Gasteiger partial charge is 0.351 e. The van der Waals surface area contributed by atoms with Crippen molar-refractivity contribution in [3.63, 3.8) is 0 Å². The first-order chi connectivity index (χ1) is 12.9. The lowest BCUT2D eigenvalue weighted by atomic mass is 9.93. The van der Waals surface area contributed by atoms with E-state index >= 15 is 0 Å². The van der Waals surface area contributed by atoms with Gasteiger partial charge >= 0.3 is 0 Å². The number of amides is 1. The molecule has 2 heterocycles. The summed E-state index contributed by atoms with van der Waals surface area (Å²) in [7, 11) is -3.26. The van der Waals surface area contributed by atoms with Crippen LogP contribution in [-0.4, -0.2) is 46.4 Å². The van der Waals surface area contributed by atoms with E-state index in [0.717, 1.165) is 36.0 Å². The molecule has 0 saturated heterocycles. The average Bonchev–Trinajstić information content (AvgIpc) is 3.18. The van der Waals surface area contributed by atoms with E-state index in [0.29, 0.717) is 11.3 Å². The molecule has 2 aromatic heterocycles. The molecule has 1 atom stereocenters. The summed E-state index contributed by atoms with van der Waals surface area (Å²) in [6.07, 6.45) is 5.43. The van der Waals surface area contributed by atoms with Gasteiger partial charge in [-0.15, -0.1) is 0 Å². The van der Waals surface area contributed by atoms with Crippen molar-refractivity contribution in [1.29, 1.82) is 0 Å². The number of hydrogen-bond acceptors (Lipinski definition) is 5. The van der Waals surface area contributed by atoms with Crippen LogP contribution in [-0.2, 0) is 39.8 Å². The Labute approximate surface area is 156 Å². The number of carbonyl (C=O) groups excluding carboxylic acids is 1. The second kappa shape index (κ2) is 6.80. The van der Waals surface area contributed by atoms with Crippen LogP contribution in [0.25, 0.3) is 11.0 Å².